The summed E-state index contributed by atoms with van der Waals surface area (Å²) < 4.78 is 4.97. The van der Waals surface area contributed by atoms with Crippen LogP contribution in [0.5, 0.6) is 5.75 Å². The van der Waals surface area contributed by atoms with Gasteiger partial charge in [-0.05, 0) is 36.0 Å². The first-order chi connectivity index (χ1) is 5.36. The van der Waals surface area contributed by atoms with Crippen LogP contribution in [0.15, 0.2) is 24.3 Å². The number of benzene rings is 1. The first-order valence-electron chi connectivity index (χ1n) is 3.12. The van der Waals surface area contributed by atoms with Gasteiger partial charge in [-0.1, -0.05) is 0 Å². The fraction of sp³-hybridized carbons (Fsp3) is 0.143. The predicted molar refractivity (Wildman–Crippen MR) is 45.6 cm³/mol. The van der Waals surface area contributed by atoms with Crippen LogP contribution in [0.25, 0.3) is 0 Å². The highest BCUT2D eigenvalue weighted by molar-refractivity contribution is 6.13. The third-order valence-corrected chi connectivity index (χ3v) is 1.38. The number of rotatable bonds is 3. The van der Waals surface area contributed by atoms with Gasteiger partial charge >= 0.3 is 0 Å². The maximum atomic E-state index is 5.22. The molecule has 0 saturated heterocycles. The molecule has 0 aliphatic heterocycles. The molecular formula is C7H9ClN2O. The zero-order valence-corrected chi connectivity index (χ0v) is 6.85. The summed E-state index contributed by atoms with van der Waals surface area (Å²) >= 11 is 5.22. The molecule has 0 amide bonds. The van der Waals surface area contributed by atoms with Crippen molar-refractivity contribution in [1.82, 2.24) is 4.94 Å². The molecule has 3 nitrogen and oxygen atoms in total. The Morgan fingerprint density at radius 1 is 1.27 bits per heavy atom. The van der Waals surface area contributed by atoms with Crippen molar-refractivity contribution in [3.05, 3.63) is 24.3 Å². The number of hydrogen-bond donors (Lipinski definition) is 2. The normalized spacial score (nSPS) is 9.27. The molecule has 1 aromatic carbocycles. The average Bonchev–Trinajstić information content (AvgIpc) is 2.07. The van der Waals surface area contributed by atoms with Gasteiger partial charge in [0.15, 0.2) is 0 Å². The van der Waals surface area contributed by atoms with E-state index in [4.69, 9.17) is 16.5 Å². The van der Waals surface area contributed by atoms with Gasteiger partial charge < -0.3 is 10.2 Å². The summed E-state index contributed by atoms with van der Waals surface area (Å²) in [6.45, 7) is 0. The molecule has 0 fully saturated rings. The Labute approximate surface area is 70.4 Å². The summed E-state index contributed by atoms with van der Waals surface area (Å²) in [4.78, 5) is 2.30. The SMILES string of the molecule is COc1ccc(NNCl)cc1. The second kappa shape index (κ2) is 4.05. The second-order valence-corrected chi connectivity index (χ2v) is 2.14. The van der Waals surface area contributed by atoms with Gasteiger partial charge in [-0.3, -0.25) is 0 Å². The van der Waals surface area contributed by atoms with Crippen molar-refractivity contribution in [2.45, 2.75) is 0 Å². The maximum Gasteiger partial charge on any atom is 0.119 e. The quantitative estimate of drug-likeness (QED) is 0.539. The summed E-state index contributed by atoms with van der Waals surface area (Å²) in [6, 6.07) is 7.40. The molecule has 0 aliphatic rings. The standard InChI is InChI=1S/C7H9ClN2O/c1-11-7-4-2-6(3-5-7)9-10-8/h2-5,9-10H,1H3. The van der Waals surface area contributed by atoms with E-state index in [0.717, 1.165) is 11.4 Å². The molecule has 0 aliphatic carbocycles. The van der Waals surface area contributed by atoms with Crippen LogP contribution in [0.2, 0.25) is 0 Å². The minimum Gasteiger partial charge on any atom is -0.497 e. The Hall–Kier alpha value is -0.930. The van der Waals surface area contributed by atoms with Crippen molar-refractivity contribution in [2.24, 2.45) is 0 Å². The average molecular weight is 173 g/mol. The molecule has 2 N–H and O–H groups in total. The molecule has 0 aromatic heterocycles. The van der Waals surface area contributed by atoms with Crippen LogP contribution in [-0.4, -0.2) is 7.11 Å². The number of methoxy groups -OCH3 is 1. The van der Waals surface area contributed by atoms with Crippen molar-refractivity contribution in [1.29, 1.82) is 0 Å². The van der Waals surface area contributed by atoms with Crippen LogP contribution in [0, 0.1) is 0 Å². The highest BCUT2D eigenvalue weighted by Gasteiger charge is 1.90. The van der Waals surface area contributed by atoms with Crippen LogP contribution in [0.3, 0.4) is 0 Å². The monoisotopic (exact) mass is 172 g/mol. The predicted octanol–water partition coefficient (Wildman–Crippen LogP) is 1.77. The largest absolute Gasteiger partial charge is 0.497 e. The number of hydrogen-bond acceptors (Lipinski definition) is 3. The fourth-order valence-corrected chi connectivity index (χ4v) is 0.838. The Morgan fingerprint density at radius 3 is 2.36 bits per heavy atom. The first-order valence-corrected chi connectivity index (χ1v) is 3.50. The molecule has 0 unspecified atom stereocenters. The van der Waals surface area contributed by atoms with Gasteiger partial charge in [-0.25, -0.2) is 0 Å². The van der Waals surface area contributed by atoms with E-state index < -0.39 is 0 Å². The first kappa shape index (κ1) is 8.17. The Kier molecular flexibility index (Phi) is 3.01. The molecule has 0 saturated carbocycles. The fourth-order valence-electron chi connectivity index (χ4n) is 0.729. The van der Waals surface area contributed by atoms with Crippen LogP contribution in [-0.2, 0) is 0 Å². The lowest BCUT2D eigenvalue weighted by molar-refractivity contribution is 0.415. The van der Waals surface area contributed by atoms with Crippen LogP contribution in [0.1, 0.15) is 0 Å². The molecule has 0 heterocycles. The summed E-state index contributed by atoms with van der Waals surface area (Å²) in [7, 11) is 1.63. The van der Waals surface area contributed by atoms with Crippen LogP contribution in [0.4, 0.5) is 5.69 Å². The Bertz CT molecular complexity index is 212. The molecule has 0 bridgehead atoms. The minimum atomic E-state index is 0.824. The zero-order chi connectivity index (χ0) is 8.10. The van der Waals surface area contributed by atoms with E-state index in [0.29, 0.717) is 0 Å². The molecule has 60 valence electrons. The highest BCUT2D eigenvalue weighted by atomic mass is 35.5. The van der Waals surface area contributed by atoms with Gasteiger partial charge in [0.2, 0.25) is 0 Å². The van der Waals surface area contributed by atoms with E-state index in [-0.39, 0.29) is 0 Å². The van der Waals surface area contributed by atoms with Gasteiger partial charge in [-0.15, -0.1) is 4.94 Å². The van der Waals surface area contributed by atoms with Crippen molar-refractivity contribution >= 4 is 17.5 Å². The topological polar surface area (TPSA) is 33.3 Å². The van der Waals surface area contributed by atoms with Gasteiger partial charge in [0.1, 0.15) is 5.75 Å². The van der Waals surface area contributed by atoms with E-state index in [1.165, 1.54) is 0 Å². The van der Waals surface area contributed by atoms with Crippen molar-refractivity contribution in [3.8, 4) is 5.75 Å². The number of nitrogens with one attached hydrogen (secondary N) is 2. The number of halogens is 1. The summed E-state index contributed by atoms with van der Waals surface area (Å²) in [5.41, 5.74) is 3.61. The Morgan fingerprint density at radius 2 is 1.91 bits per heavy atom. The molecule has 0 radical (unpaired) electrons. The molecular weight excluding hydrogens is 164 g/mol. The molecule has 1 aromatic rings. The zero-order valence-electron chi connectivity index (χ0n) is 6.10. The van der Waals surface area contributed by atoms with Crippen LogP contribution < -0.4 is 15.1 Å². The maximum absolute atomic E-state index is 5.22. The lowest BCUT2D eigenvalue weighted by Crippen LogP contribution is -2.07. The van der Waals surface area contributed by atoms with Crippen molar-refractivity contribution in [2.75, 3.05) is 12.5 Å². The van der Waals surface area contributed by atoms with E-state index in [2.05, 4.69) is 10.4 Å². The van der Waals surface area contributed by atoms with Crippen LogP contribution >= 0.6 is 11.8 Å². The second-order valence-electron chi connectivity index (χ2n) is 1.95. The van der Waals surface area contributed by atoms with Gasteiger partial charge in [0.25, 0.3) is 0 Å². The molecule has 0 atom stereocenters. The summed E-state index contributed by atoms with van der Waals surface area (Å²) in [5.74, 6) is 0.824. The van der Waals surface area contributed by atoms with Crippen molar-refractivity contribution < 1.29 is 4.74 Å². The minimum absolute atomic E-state index is 0.824. The third-order valence-electron chi connectivity index (χ3n) is 1.28. The number of hydrazine groups is 1. The van der Waals surface area contributed by atoms with E-state index >= 15 is 0 Å². The summed E-state index contributed by atoms with van der Waals surface area (Å²) in [5, 5.41) is 0. The third kappa shape index (κ3) is 2.29. The lowest BCUT2D eigenvalue weighted by Gasteiger charge is -2.02. The number of ether oxygens (including phenoxy) is 1. The molecule has 4 heteroatoms. The smallest absolute Gasteiger partial charge is 0.119 e. The van der Waals surface area contributed by atoms with Gasteiger partial charge in [-0.2, -0.15) is 0 Å². The van der Waals surface area contributed by atoms with E-state index in [1.807, 2.05) is 24.3 Å². The number of anilines is 1. The van der Waals surface area contributed by atoms with Gasteiger partial charge in [0, 0.05) is 0 Å². The highest BCUT2D eigenvalue weighted by Crippen LogP contribution is 2.13. The lowest BCUT2D eigenvalue weighted by atomic mass is 10.3. The summed E-state index contributed by atoms with van der Waals surface area (Å²) in [6.07, 6.45) is 0. The van der Waals surface area contributed by atoms with E-state index in [1.54, 1.807) is 7.11 Å². The molecule has 1 rings (SSSR count). The van der Waals surface area contributed by atoms with Gasteiger partial charge in [0.05, 0.1) is 12.8 Å². The Balaban J connectivity index is 2.66. The molecule has 0 spiro atoms. The molecule has 11 heavy (non-hydrogen) atoms. The van der Waals surface area contributed by atoms with E-state index in [9.17, 15) is 0 Å². The van der Waals surface area contributed by atoms with Crippen molar-refractivity contribution in [3.63, 3.8) is 0 Å².